The second kappa shape index (κ2) is 9.69. The highest BCUT2D eigenvalue weighted by molar-refractivity contribution is 7.18. The molecule has 166 valence electrons. The Bertz CT molecular complexity index is 1090. The normalized spacial score (nSPS) is 12.8. The molecule has 0 atom stereocenters. The number of rotatable bonds is 9. The summed E-state index contributed by atoms with van der Waals surface area (Å²) in [4.78, 5) is 39.2. The van der Waals surface area contributed by atoms with Crippen molar-refractivity contribution in [2.24, 2.45) is 0 Å². The van der Waals surface area contributed by atoms with Gasteiger partial charge in [-0.1, -0.05) is 12.1 Å². The molecule has 32 heavy (non-hydrogen) atoms. The van der Waals surface area contributed by atoms with Crippen LogP contribution in [0.4, 0.5) is 5.00 Å². The van der Waals surface area contributed by atoms with Crippen molar-refractivity contribution in [2.45, 2.75) is 25.4 Å². The van der Waals surface area contributed by atoms with Crippen LogP contribution in [0.1, 0.15) is 38.6 Å². The van der Waals surface area contributed by atoms with Crippen LogP contribution in [0.5, 0.6) is 5.75 Å². The van der Waals surface area contributed by atoms with E-state index < -0.39 is 11.9 Å². The molecule has 1 aliphatic rings. The summed E-state index contributed by atoms with van der Waals surface area (Å²) in [5.41, 5.74) is 0.979. The van der Waals surface area contributed by atoms with E-state index >= 15 is 0 Å². The van der Waals surface area contributed by atoms with Crippen molar-refractivity contribution in [2.75, 3.05) is 19.0 Å². The Morgan fingerprint density at radius 1 is 1.12 bits per heavy atom. The summed E-state index contributed by atoms with van der Waals surface area (Å²) in [6.45, 7) is 0.116. The molecule has 4 rings (SSSR count). The van der Waals surface area contributed by atoms with Crippen LogP contribution >= 0.6 is 11.3 Å². The Morgan fingerprint density at radius 2 is 1.91 bits per heavy atom. The number of hydrogen-bond donors (Lipinski definition) is 1. The van der Waals surface area contributed by atoms with Gasteiger partial charge in [-0.05, 0) is 54.8 Å². The van der Waals surface area contributed by atoms with Crippen LogP contribution in [0.25, 0.3) is 0 Å². The number of furan rings is 1. The van der Waals surface area contributed by atoms with E-state index in [1.165, 1.54) is 6.26 Å². The van der Waals surface area contributed by atoms with Gasteiger partial charge in [0.25, 0.3) is 11.8 Å². The number of carbonyl (C=O) groups is 3. The quantitative estimate of drug-likeness (QED) is 0.492. The van der Waals surface area contributed by atoms with Crippen molar-refractivity contribution in [1.82, 2.24) is 4.90 Å². The summed E-state index contributed by atoms with van der Waals surface area (Å²) < 4.78 is 15.4. The molecule has 0 spiro atoms. The summed E-state index contributed by atoms with van der Waals surface area (Å²) in [5.74, 6) is -0.333. The first-order valence-corrected chi connectivity index (χ1v) is 10.9. The van der Waals surface area contributed by atoms with Gasteiger partial charge in [-0.15, -0.1) is 11.3 Å². The minimum Gasteiger partial charge on any atom is -0.497 e. The molecule has 1 saturated carbocycles. The van der Waals surface area contributed by atoms with Gasteiger partial charge in [0.15, 0.2) is 12.4 Å². The molecule has 0 bridgehead atoms. The highest BCUT2D eigenvalue weighted by Crippen LogP contribution is 2.29. The highest BCUT2D eigenvalue weighted by Gasteiger charge is 2.33. The maximum atomic E-state index is 12.7. The third-order valence-electron chi connectivity index (χ3n) is 4.94. The van der Waals surface area contributed by atoms with E-state index in [0.29, 0.717) is 16.4 Å². The Balaban J connectivity index is 1.31. The SMILES string of the molecule is COc1ccc(CN(C(=O)COC(=O)c2ccc(NC(=O)c3ccco3)s2)C2CC2)cc1. The molecule has 1 fully saturated rings. The summed E-state index contributed by atoms with van der Waals surface area (Å²) in [7, 11) is 1.60. The van der Waals surface area contributed by atoms with Gasteiger partial charge in [0.05, 0.1) is 18.4 Å². The van der Waals surface area contributed by atoms with Gasteiger partial charge in [0.1, 0.15) is 10.6 Å². The van der Waals surface area contributed by atoms with E-state index in [9.17, 15) is 14.4 Å². The molecule has 1 aliphatic carbocycles. The van der Waals surface area contributed by atoms with Gasteiger partial charge in [-0.2, -0.15) is 0 Å². The topological polar surface area (TPSA) is 98.1 Å². The number of carbonyl (C=O) groups excluding carboxylic acids is 3. The van der Waals surface area contributed by atoms with E-state index in [-0.39, 0.29) is 24.3 Å². The van der Waals surface area contributed by atoms with Crippen LogP contribution in [-0.4, -0.2) is 42.4 Å². The average molecular weight is 455 g/mol. The van der Waals surface area contributed by atoms with Crippen molar-refractivity contribution >= 4 is 34.1 Å². The monoisotopic (exact) mass is 454 g/mol. The maximum Gasteiger partial charge on any atom is 0.348 e. The van der Waals surface area contributed by atoms with Gasteiger partial charge in [0.2, 0.25) is 0 Å². The Hall–Kier alpha value is -3.59. The summed E-state index contributed by atoms with van der Waals surface area (Å²) in [6, 6.07) is 14.0. The maximum absolute atomic E-state index is 12.7. The van der Waals surface area contributed by atoms with Crippen LogP contribution in [-0.2, 0) is 16.1 Å². The third-order valence-corrected chi connectivity index (χ3v) is 5.92. The molecular formula is C23H22N2O6S. The number of methoxy groups -OCH3 is 1. The molecule has 0 aliphatic heterocycles. The Labute approximate surface area is 188 Å². The number of esters is 1. The minimum atomic E-state index is -0.609. The number of nitrogens with one attached hydrogen (secondary N) is 1. The molecule has 2 amide bonds. The second-order valence-electron chi connectivity index (χ2n) is 7.27. The smallest absolute Gasteiger partial charge is 0.348 e. The van der Waals surface area contributed by atoms with E-state index in [4.69, 9.17) is 13.9 Å². The number of thiophene rings is 1. The lowest BCUT2D eigenvalue weighted by molar-refractivity contribution is -0.135. The molecule has 0 radical (unpaired) electrons. The zero-order chi connectivity index (χ0) is 22.5. The number of hydrogen-bond acceptors (Lipinski definition) is 7. The standard InChI is InChI=1S/C23H22N2O6S/c1-29-17-8-4-15(5-9-17)13-25(16-6-7-16)21(26)14-31-23(28)19-10-11-20(32-19)24-22(27)18-3-2-12-30-18/h2-5,8-12,16H,6-7,13-14H2,1H3,(H,24,27). The number of anilines is 1. The third kappa shape index (κ3) is 5.36. The van der Waals surface area contributed by atoms with Crippen LogP contribution in [0.3, 0.4) is 0 Å². The molecular weight excluding hydrogens is 432 g/mol. The van der Waals surface area contributed by atoms with Crippen molar-refractivity contribution < 1.29 is 28.3 Å². The lowest BCUT2D eigenvalue weighted by Crippen LogP contribution is -2.36. The van der Waals surface area contributed by atoms with E-state index in [1.54, 1.807) is 36.3 Å². The van der Waals surface area contributed by atoms with Crippen LogP contribution in [0, 0.1) is 0 Å². The molecule has 8 nitrogen and oxygen atoms in total. The molecule has 1 aromatic carbocycles. The fourth-order valence-corrected chi connectivity index (χ4v) is 3.91. The van der Waals surface area contributed by atoms with Gasteiger partial charge in [-0.3, -0.25) is 9.59 Å². The number of nitrogens with zero attached hydrogens (tertiary/aromatic N) is 1. The molecule has 2 aromatic heterocycles. The van der Waals surface area contributed by atoms with Crippen molar-refractivity contribution in [3.8, 4) is 5.75 Å². The molecule has 0 unspecified atom stereocenters. The zero-order valence-electron chi connectivity index (χ0n) is 17.4. The zero-order valence-corrected chi connectivity index (χ0v) is 18.2. The number of benzene rings is 1. The van der Waals surface area contributed by atoms with Gasteiger partial charge in [-0.25, -0.2) is 4.79 Å². The minimum absolute atomic E-state index is 0.171. The number of amides is 2. The average Bonchev–Trinajstić information content (AvgIpc) is 3.28. The molecule has 1 N–H and O–H groups in total. The van der Waals surface area contributed by atoms with E-state index in [2.05, 4.69) is 5.32 Å². The summed E-state index contributed by atoms with van der Waals surface area (Å²) >= 11 is 1.07. The van der Waals surface area contributed by atoms with Gasteiger partial charge >= 0.3 is 5.97 Å². The lowest BCUT2D eigenvalue weighted by atomic mass is 10.2. The summed E-state index contributed by atoms with van der Waals surface area (Å²) in [6.07, 6.45) is 3.29. The van der Waals surface area contributed by atoms with Crippen LogP contribution < -0.4 is 10.1 Å². The van der Waals surface area contributed by atoms with Gasteiger partial charge < -0.3 is 24.1 Å². The van der Waals surface area contributed by atoms with E-state index in [1.807, 2.05) is 24.3 Å². The predicted octanol–water partition coefficient (Wildman–Crippen LogP) is 3.95. The Kier molecular flexibility index (Phi) is 6.55. The van der Waals surface area contributed by atoms with Crippen molar-refractivity contribution in [3.63, 3.8) is 0 Å². The van der Waals surface area contributed by atoms with Crippen LogP contribution in [0.15, 0.2) is 59.2 Å². The summed E-state index contributed by atoms with van der Waals surface area (Å²) in [5, 5.41) is 3.13. The fourth-order valence-electron chi connectivity index (χ4n) is 3.11. The Morgan fingerprint density at radius 3 is 2.56 bits per heavy atom. The first kappa shape index (κ1) is 21.6. The first-order valence-electron chi connectivity index (χ1n) is 10.1. The largest absolute Gasteiger partial charge is 0.497 e. The fraction of sp³-hybridized carbons (Fsp3) is 0.261. The second-order valence-corrected chi connectivity index (χ2v) is 8.36. The molecule has 0 saturated heterocycles. The van der Waals surface area contributed by atoms with Crippen molar-refractivity contribution in [3.05, 3.63) is 71.0 Å². The predicted molar refractivity (Wildman–Crippen MR) is 118 cm³/mol. The van der Waals surface area contributed by atoms with Gasteiger partial charge in [0, 0.05) is 12.6 Å². The number of ether oxygens (including phenoxy) is 2. The molecule has 2 heterocycles. The first-order chi connectivity index (χ1) is 15.5. The lowest BCUT2D eigenvalue weighted by Gasteiger charge is -2.22. The van der Waals surface area contributed by atoms with Crippen LogP contribution in [0.2, 0.25) is 0 Å². The van der Waals surface area contributed by atoms with E-state index in [0.717, 1.165) is 35.5 Å². The van der Waals surface area contributed by atoms with Crippen molar-refractivity contribution in [1.29, 1.82) is 0 Å². The molecule has 9 heteroatoms. The molecule has 3 aromatic rings. The highest BCUT2D eigenvalue weighted by atomic mass is 32.1.